The number of aliphatic hydroxyl groups is 1. The molecule has 0 aromatic heterocycles. The van der Waals surface area contributed by atoms with Crippen LogP contribution >= 0.6 is 0 Å². The number of hydrogen-bond acceptors (Lipinski definition) is 3. The first-order valence-corrected chi connectivity index (χ1v) is 7.33. The number of ether oxygens (including phenoxy) is 1. The minimum Gasteiger partial charge on any atom is -0.444 e. The van der Waals surface area contributed by atoms with Crippen LogP contribution in [0.1, 0.15) is 47.5 Å². The summed E-state index contributed by atoms with van der Waals surface area (Å²) in [6.45, 7) is 11.8. The lowest BCUT2D eigenvalue weighted by atomic mass is 9.77. The van der Waals surface area contributed by atoms with E-state index in [1.54, 1.807) is 0 Å². The van der Waals surface area contributed by atoms with Gasteiger partial charge in [-0.25, -0.2) is 4.79 Å². The quantitative estimate of drug-likeness (QED) is 0.858. The first-order chi connectivity index (χ1) is 8.74. The molecule has 112 valence electrons. The predicted molar refractivity (Wildman–Crippen MR) is 75.9 cm³/mol. The van der Waals surface area contributed by atoms with Crippen molar-refractivity contribution < 1.29 is 14.6 Å². The van der Waals surface area contributed by atoms with Gasteiger partial charge in [0.1, 0.15) is 5.60 Å². The molecule has 0 bridgehead atoms. The lowest BCUT2D eigenvalue weighted by Crippen LogP contribution is -2.48. The van der Waals surface area contributed by atoms with Crippen molar-refractivity contribution in [3.63, 3.8) is 0 Å². The third-order valence-corrected chi connectivity index (χ3v) is 3.83. The SMILES string of the molecule is CC1CN(C(=O)OC(C)(C)C)C[C@@H](C)C1CCCO. The molecule has 1 aliphatic heterocycles. The number of piperidine rings is 1. The fourth-order valence-electron chi connectivity index (χ4n) is 2.97. The van der Waals surface area contributed by atoms with Crippen molar-refractivity contribution in [3.8, 4) is 0 Å². The number of rotatable bonds is 3. The second kappa shape index (κ2) is 6.60. The Labute approximate surface area is 117 Å². The van der Waals surface area contributed by atoms with Gasteiger partial charge in [-0.1, -0.05) is 13.8 Å². The summed E-state index contributed by atoms with van der Waals surface area (Å²) < 4.78 is 5.44. The Hall–Kier alpha value is -0.770. The normalized spacial score (nSPS) is 28.3. The first-order valence-electron chi connectivity index (χ1n) is 7.33. The van der Waals surface area contributed by atoms with Gasteiger partial charge in [-0.15, -0.1) is 0 Å². The van der Waals surface area contributed by atoms with E-state index in [-0.39, 0.29) is 12.7 Å². The number of hydrogen-bond donors (Lipinski definition) is 1. The van der Waals surface area contributed by atoms with Gasteiger partial charge in [0.15, 0.2) is 0 Å². The summed E-state index contributed by atoms with van der Waals surface area (Å²) in [4.78, 5) is 13.9. The fourth-order valence-corrected chi connectivity index (χ4v) is 2.97. The van der Waals surface area contributed by atoms with Gasteiger partial charge in [-0.05, 0) is 51.4 Å². The smallest absolute Gasteiger partial charge is 0.410 e. The summed E-state index contributed by atoms with van der Waals surface area (Å²) in [6, 6.07) is 0. The summed E-state index contributed by atoms with van der Waals surface area (Å²) in [6.07, 6.45) is 1.69. The summed E-state index contributed by atoms with van der Waals surface area (Å²) in [5, 5.41) is 8.95. The summed E-state index contributed by atoms with van der Waals surface area (Å²) in [5.74, 6) is 1.51. The first kappa shape index (κ1) is 16.3. The van der Waals surface area contributed by atoms with Gasteiger partial charge in [0, 0.05) is 19.7 Å². The van der Waals surface area contributed by atoms with Crippen molar-refractivity contribution in [1.29, 1.82) is 0 Å². The highest BCUT2D eigenvalue weighted by atomic mass is 16.6. The number of aliphatic hydroxyl groups excluding tert-OH is 1. The molecular formula is C15H29NO3. The van der Waals surface area contributed by atoms with E-state index < -0.39 is 5.60 Å². The topological polar surface area (TPSA) is 49.8 Å². The molecule has 0 aliphatic carbocycles. The molecule has 4 nitrogen and oxygen atoms in total. The Morgan fingerprint density at radius 3 is 2.21 bits per heavy atom. The molecular weight excluding hydrogens is 242 g/mol. The molecule has 0 aromatic rings. The molecule has 1 amide bonds. The van der Waals surface area contributed by atoms with Crippen LogP contribution in [0.5, 0.6) is 0 Å². The number of carbonyl (C=O) groups is 1. The van der Waals surface area contributed by atoms with Crippen LogP contribution in [0, 0.1) is 17.8 Å². The fraction of sp³-hybridized carbons (Fsp3) is 0.933. The molecule has 0 saturated carbocycles. The Morgan fingerprint density at radius 2 is 1.79 bits per heavy atom. The Morgan fingerprint density at radius 1 is 1.26 bits per heavy atom. The number of amides is 1. The molecule has 0 spiro atoms. The van der Waals surface area contributed by atoms with Crippen LogP contribution in [0.25, 0.3) is 0 Å². The van der Waals surface area contributed by atoms with E-state index in [2.05, 4.69) is 13.8 Å². The third-order valence-electron chi connectivity index (χ3n) is 3.83. The average molecular weight is 271 g/mol. The molecule has 1 rings (SSSR count). The molecule has 4 heteroatoms. The highest BCUT2D eigenvalue weighted by Gasteiger charge is 2.35. The lowest BCUT2D eigenvalue weighted by Gasteiger charge is -2.41. The standard InChI is InChI=1S/C15H29NO3/c1-11-9-16(14(18)19-15(3,4)5)10-12(2)13(11)7-6-8-17/h11-13,17H,6-10H2,1-5H3/t11-,12?,13?/m1/s1. The Balaban J connectivity index is 2.56. The van der Waals surface area contributed by atoms with Crippen LogP contribution in [0.2, 0.25) is 0 Å². The molecule has 0 aromatic carbocycles. The predicted octanol–water partition coefficient (Wildman–Crippen LogP) is 2.90. The zero-order valence-corrected chi connectivity index (χ0v) is 13.0. The molecule has 1 heterocycles. The zero-order valence-electron chi connectivity index (χ0n) is 13.0. The van der Waals surface area contributed by atoms with E-state index >= 15 is 0 Å². The van der Waals surface area contributed by atoms with Crippen molar-refractivity contribution in [1.82, 2.24) is 4.90 Å². The maximum absolute atomic E-state index is 12.1. The molecule has 1 fully saturated rings. The minimum atomic E-state index is -0.433. The van der Waals surface area contributed by atoms with E-state index in [0.717, 1.165) is 25.9 Å². The van der Waals surface area contributed by atoms with Crippen molar-refractivity contribution >= 4 is 6.09 Å². The van der Waals surface area contributed by atoms with E-state index in [1.807, 2.05) is 25.7 Å². The lowest BCUT2D eigenvalue weighted by molar-refractivity contribution is -0.000130. The number of likely N-dealkylation sites (tertiary alicyclic amines) is 1. The largest absolute Gasteiger partial charge is 0.444 e. The van der Waals surface area contributed by atoms with Crippen molar-refractivity contribution in [2.24, 2.45) is 17.8 Å². The molecule has 1 aliphatic rings. The molecule has 3 atom stereocenters. The Kier molecular flexibility index (Phi) is 5.65. The molecule has 1 N–H and O–H groups in total. The van der Waals surface area contributed by atoms with Crippen LogP contribution in [-0.2, 0) is 4.74 Å². The van der Waals surface area contributed by atoms with Gasteiger partial charge >= 0.3 is 6.09 Å². The highest BCUT2D eigenvalue weighted by Crippen LogP contribution is 2.32. The molecule has 1 saturated heterocycles. The van der Waals surface area contributed by atoms with Gasteiger partial charge < -0.3 is 14.7 Å². The molecule has 19 heavy (non-hydrogen) atoms. The van der Waals surface area contributed by atoms with Crippen molar-refractivity contribution in [2.75, 3.05) is 19.7 Å². The van der Waals surface area contributed by atoms with Gasteiger partial charge in [0.2, 0.25) is 0 Å². The van der Waals surface area contributed by atoms with Gasteiger partial charge in [0.05, 0.1) is 0 Å². The van der Waals surface area contributed by atoms with Crippen LogP contribution in [-0.4, -0.2) is 41.4 Å². The second-order valence-electron chi connectivity index (χ2n) is 6.87. The van der Waals surface area contributed by atoms with Gasteiger partial charge in [0.25, 0.3) is 0 Å². The van der Waals surface area contributed by atoms with Crippen LogP contribution in [0.15, 0.2) is 0 Å². The monoisotopic (exact) mass is 271 g/mol. The summed E-state index contributed by atoms with van der Waals surface area (Å²) >= 11 is 0. The summed E-state index contributed by atoms with van der Waals surface area (Å²) in [7, 11) is 0. The van der Waals surface area contributed by atoms with Crippen molar-refractivity contribution in [2.45, 2.75) is 53.1 Å². The Bertz CT molecular complexity index is 286. The highest BCUT2D eigenvalue weighted by molar-refractivity contribution is 5.68. The van der Waals surface area contributed by atoms with Gasteiger partial charge in [-0.3, -0.25) is 0 Å². The van der Waals surface area contributed by atoms with Gasteiger partial charge in [-0.2, -0.15) is 0 Å². The third kappa shape index (κ3) is 5.01. The average Bonchev–Trinajstić information content (AvgIpc) is 2.25. The maximum atomic E-state index is 12.1. The van der Waals surface area contributed by atoms with Crippen LogP contribution in [0.3, 0.4) is 0 Å². The van der Waals surface area contributed by atoms with Crippen molar-refractivity contribution in [3.05, 3.63) is 0 Å². The van der Waals surface area contributed by atoms with Crippen LogP contribution < -0.4 is 0 Å². The zero-order chi connectivity index (χ0) is 14.6. The number of carbonyl (C=O) groups excluding carboxylic acids is 1. The van der Waals surface area contributed by atoms with Crippen LogP contribution in [0.4, 0.5) is 4.79 Å². The number of nitrogens with zero attached hydrogens (tertiary/aromatic N) is 1. The van der Waals surface area contributed by atoms with E-state index in [1.165, 1.54) is 0 Å². The molecule has 2 unspecified atom stereocenters. The maximum Gasteiger partial charge on any atom is 0.410 e. The second-order valence-corrected chi connectivity index (χ2v) is 6.87. The van der Waals surface area contributed by atoms with E-state index in [4.69, 9.17) is 9.84 Å². The van der Waals surface area contributed by atoms with E-state index in [0.29, 0.717) is 17.8 Å². The molecule has 0 radical (unpaired) electrons. The summed E-state index contributed by atoms with van der Waals surface area (Å²) in [5.41, 5.74) is -0.433. The van der Waals surface area contributed by atoms with E-state index in [9.17, 15) is 4.79 Å². The minimum absolute atomic E-state index is 0.202.